The molecule has 1 heteroatoms. The van der Waals surface area contributed by atoms with Crippen molar-refractivity contribution in [3.05, 3.63) is 46.8 Å². The highest BCUT2D eigenvalue weighted by Gasteiger charge is 2.18. The summed E-state index contributed by atoms with van der Waals surface area (Å²) in [4.78, 5) is 3.52. The highest BCUT2D eigenvalue weighted by Crippen LogP contribution is 2.28. The van der Waals surface area contributed by atoms with Crippen LogP contribution in [0, 0.1) is 6.57 Å². The molecule has 0 bridgehead atoms. The van der Waals surface area contributed by atoms with E-state index in [4.69, 9.17) is 6.57 Å². The van der Waals surface area contributed by atoms with Crippen molar-refractivity contribution in [2.75, 3.05) is 0 Å². The summed E-state index contributed by atoms with van der Waals surface area (Å²) in [5.41, 5.74) is 2.70. The van der Waals surface area contributed by atoms with E-state index < -0.39 is 0 Å². The van der Waals surface area contributed by atoms with Crippen LogP contribution in [0.4, 0.5) is 0 Å². The second-order valence-electron chi connectivity index (χ2n) is 4.66. The lowest BCUT2D eigenvalue weighted by Crippen LogP contribution is -2.15. The molecular weight excluding hydrogens is 182 g/mol. The third kappa shape index (κ3) is 2.59. The highest BCUT2D eigenvalue weighted by atomic mass is 14.7. The Kier molecular flexibility index (Phi) is 3.52. The van der Waals surface area contributed by atoms with Crippen LogP contribution in [-0.4, -0.2) is 0 Å². The molecule has 0 aliphatic rings. The highest BCUT2D eigenvalue weighted by molar-refractivity contribution is 5.30. The molecule has 1 atom stereocenters. The summed E-state index contributed by atoms with van der Waals surface area (Å²) in [5, 5.41) is 0. The van der Waals surface area contributed by atoms with Crippen molar-refractivity contribution >= 4 is 0 Å². The summed E-state index contributed by atoms with van der Waals surface area (Å²) >= 11 is 0. The van der Waals surface area contributed by atoms with Gasteiger partial charge in [0.15, 0.2) is 0 Å². The summed E-state index contributed by atoms with van der Waals surface area (Å²) in [6, 6.07) is 8.44. The fraction of sp³-hybridized carbons (Fsp3) is 0.500. The van der Waals surface area contributed by atoms with Gasteiger partial charge in [0.25, 0.3) is 0 Å². The maximum absolute atomic E-state index is 6.98. The lowest BCUT2D eigenvalue weighted by atomic mass is 9.82. The van der Waals surface area contributed by atoms with Crippen LogP contribution < -0.4 is 0 Å². The Labute approximate surface area is 93.0 Å². The van der Waals surface area contributed by atoms with Crippen molar-refractivity contribution in [3.63, 3.8) is 0 Å². The minimum absolute atomic E-state index is 0.0243. The Morgan fingerprint density at radius 2 is 1.80 bits per heavy atom. The number of benzene rings is 1. The van der Waals surface area contributed by atoms with Gasteiger partial charge in [0.2, 0.25) is 6.04 Å². The summed E-state index contributed by atoms with van der Waals surface area (Å²) in [6.07, 6.45) is 1.13. The van der Waals surface area contributed by atoms with Gasteiger partial charge < -0.3 is 4.85 Å². The Morgan fingerprint density at radius 3 is 2.20 bits per heavy atom. The van der Waals surface area contributed by atoms with E-state index in [9.17, 15) is 0 Å². The quantitative estimate of drug-likeness (QED) is 0.640. The molecule has 0 N–H and O–H groups in total. The van der Waals surface area contributed by atoms with E-state index in [1.807, 2.05) is 6.92 Å². The van der Waals surface area contributed by atoms with E-state index in [-0.39, 0.29) is 11.5 Å². The number of hydrogen-bond acceptors (Lipinski definition) is 0. The van der Waals surface area contributed by atoms with Gasteiger partial charge in [0.1, 0.15) is 0 Å². The maximum atomic E-state index is 6.98. The first kappa shape index (κ1) is 11.8. The molecule has 0 radical (unpaired) electrons. The molecule has 0 fully saturated rings. The average molecular weight is 201 g/mol. The lowest BCUT2D eigenvalue weighted by Gasteiger charge is -2.23. The molecule has 1 rings (SSSR count). The SMILES string of the molecule is [C-]#[N+]C(C)c1ccc(C(C)(C)CC)cc1. The molecule has 0 saturated heterocycles. The van der Waals surface area contributed by atoms with Crippen molar-refractivity contribution < 1.29 is 0 Å². The molecule has 0 aliphatic heterocycles. The van der Waals surface area contributed by atoms with Crippen molar-refractivity contribution in [2.24, 2.45) is 0 Å². The van der Waals surface area contributed by atoms with Crippen molar-refractivity contribution in [3.8, 4) is 0 Å². The molecular formula is C14H19N. The second-order valence-corrected chi connectivity index (χ2v) is 4.66. The fourth-order valence-electron chi connectivity index (χ4n) is 1.49. The molecule has 1 nitrogen and oxygen atoms in total. The monoisotopic (exact) mass is 201 g/mol. The zero-order valence-corrected chi connectivity index (χ0v) is 10.0. The number of hydrogen-bond donors (Lipinski definition) is 0. The van der Waals surface area contributed by atoms with E-state index in [1.165, 1.54) is 5.56 Å². The molecule has 80 valence electrons. The van der Waals surface area contributed by atoms with Gasteiger partial charge >= 0.3 is 0 Å². The summed E-state index contributed by atoms with van der Waals surface area (Å²) in [6.45, 7) is 15.6. The Bertz CT molecular complexity index is 354. The average Bonchev–Trinajstić information content (AvgIpc) is 2.28. The standard InChI is InChI=1S/C14H19N/c1-6-14(3,4)13-9-7-12(8-10-13)11(2)15-5/h7-11H,6H2,1-4H3. The van der Waals surface area contributed by atoms with Crippen LogP contribution in [-0.2, 0) is 5.41 Å². The molecule has 1 aromatic carbocycles. The zero-order valence-electron chi connectivity index (χ0n) is 10.0. The van der Waals surface area contributed by atoms with Crippen LogP contribution >= 0.6 is 0 Å². The Hall–Kier alpha value is -1.29. The molecule has 0 saturated carbocycles. The van der Waals surface area contributed by atoms with E-state index in [2.05, 4.69) is 49.9 Å². The van der Waals surface area contributed by atoms with Crippen LogP contribution in [0.15, 0.2) is 24.3 Å². The van der Waals surface area contributed by atoms with Gasteiger partial charge in [-0.1, -0.05) is 45.0 Å². The lowest BCUT2D eigenvalue weighted by molar-refractivity contribution is 0.506. The topological polar surface area (TPSA) is 4.36 Å². The van der Waals surface area contributed by atoms with Gasteiger partial charge in [-0.25, -0.2) is 6.57 Å². The molecule has 15 heavy (non-hydrogen) atoms. The predicted molar refractivity (Wildman–Crippen MR) is 64.8 cm³/mol. The minimum Gasteiger partial charge on any atom is -0.309 e. The van der Waals surface area contributed by atoms with Crippen LogP contribution in [0.5, 0.6) is 0 Å². The molecule has 1 unspecified atom stereocenters. The van der Waals surface area contributed by atoms with Gasteiger partial charge in [-0.15, -0.1) is 0 Å². The summed E-state index contributed by atoms with van der Waals surface area (Å²) < 4.78 is 0. The zero-order chi connectivity index (χ0) is 11.5. The first-order valence-corrected chi connectivity index (χ1v) is 5.48. The van der Waals surface area contributed by atoms with E-state index >= 15 is 0 Å². The molecule has 0 aliphatic carbocycles. The van der Waals surface area contributed by atoms with Gasteiger partial charge in [0.05, 0.1) is 0 Å². The largest absolute Gasteiger partial charge is 0.309 e. The Morgan fingerprint density at radius 1 is 1.27 bits per heavy atom. The fourth-order valence-corrected chi connectivity index (χ4v) is 1.49. The van der Waals surface area contributed by atoms with Crippen LogP contribution in [0.1, 0.15) is 51.3 Å². The first-order chi connectivity index (χ1) is 7.01. The van der Waals surface area contributed by atoms with Gasteiger partial charge in [-0.2, -0.15) is 0 Å². The van der Waals surface area contributed by atoms with E-state index in [1.54, 1.807) is 0 Å². The summed E-state index contributed by atoms with van der Waals surface area (Å²) in [7, 11) is 0. The third-order valence-electron chi connectivity index (χ3n) is 3.25. The maximum Gasteiger partial charge on any atom is 0.245 e. The smallest absolute Gasteiger partial charge is 0.245 e. The van der Waals surface area contributed by atoms with Gasteiger partial charge in [0, 0.05) is 12.5 Å². The minimum atomic E-state index is -0.0243. The molecule has 1 aromatic rings. The second kappa shape index (κ2) is 4.49. The molecule has 0 heterocycles. The van der Waals surface area contributed by atoms with Crippen LogP contribution in [0.25, 0.3) is 4.85 Å². The van der Waals surface area contributed by atoms with E-state index in [0.717, 1.165) is 12.0 Å². The van der Waals surface area contributed by atoms with Crippen LogP contribution in [0.3, 0.4) is 0 Å². The summed E-state index contributed by atoms with van der Waals surface area (Å²) in [5.74, 6) is 0. The Balaban J connectivity index is 2.96. The molecule has 0 amide bonds. The van der Waals surface area contributed by atoms with Crippen molar-refractivity contribution in [1.29, 1.82) is 0 Å². The third-order valence-corrected chi connectivity index (χ3v) is 3.25. The van der Waals surface area contributed by atoms with E-state index in [0.29, 0.717) is 0 Å². The van der Waals surface area contributed by atoms with Gasteiger partial charge in [-0.3, -0.25) is 0 Å². The predicted octanol–water partition coefficient (Wildman–Crippen LogP) is 4.35. The molecule has 0 spiro atoms. The van der Waals surface area contributed by atoms with Gasteiger partial charge in [-0.05, 0) is 17.4 Å². The first-order valence-electron chi connectivity index (χ1n) is 5.48. The van der Waals surface area contributed by atoms with Crippen molar-refractivity contribution in [2.45, 2.75) is 45.6 Å². The van der Waals surface area contributed by atoms with Crippen LogP contribution in [0.2, 0.25) is 0 Å². The molecule has 0 aromatic heterocycles. The number of rotatable bonds is 3. The normalized spacial score (nSPS) is 13.3. The van der Waals surface area contributed by atoms with Crippen molar-refractivity contribution in [1.82, 2.24) is 0 Å². The number of nitrogens with zero attached hydrogens (tertiary/aromatic N) is 1.